The number of unbranched alkanes of at least 4 members (excludes halogenated alkanes) is 1. The molecule has 1 saturated carbocycles. The lowest BCUT2D eigenvalue weighted by Gasteiger charge is -2.45. The number of aromatic nitrogens is 1. The third-order valence-corrected chi connectivity index (χ3v) is 9.34. The molecule has 12 heteroatoms. The zero-order valence-corrected chi connectivity index (χ0v) is 20.1. The summed E-state index contributed by atoms with van der Waals surface area (Å²) in [6, 6.07) is -0.507. The molecule has 184 valence electrons. The van der Waals surface area contributed by atoms with E-state index >= 15 is 0 Å². The zero-order chi connectivity index (χ0) is 24.1. The standard InChI is InChI=1S/C21H29FN2O7S2/c1-30-18(26)16-14-32-19(23-16)33(28,29)12-11-24-15(13-31-20(24)27)5-6-17(25)21(8-4-9-21)7-2-3-10-22/h5-6,14-15,17,25H,2-4,7-13H2,1H3/b6-5+/t15-,17+/m0/s1. The van der Waals surface area contributed by atoms with Crippen molar-refractivity contribution in [2.24, 2.45) is 5.41 Å². The van der Waals surface area contributed by atoms with Crippen LogP contribution in [0.4, 0.5) is 9.18 Å². The van der Waals surface area contributed by atoms with E-state index in [0.29, 0.717) is 12.8 Å². The molecule has 0 radical (unpaired) electrons. The molecule has 0 unspecified atom stereocenters. The quantitative estimate of drug-likeness (QED) is 0.262. The van der Waals surface area contributed by atoms with Crippen LogP contribution in [-0.4, -0.2) is 80.3 Å². The number of hydrogen-bond acceptors (Lipinski definition) is 9. The molecule has 9 nitrogen and oxygen atoms in total. The van der Waals surface area contributed by atoms with E-state index < -0.39 is 39.8 Å². The predicted molar refractivity (Wildman–Crippen MR) is 119 cm³/mol. The predicted octanol–water partition coefficient (Wildman–Crippen LogP) is 2.75. The molecule has 0 bridgehead atoms. The van der Waals surface area contributed by atoms with Crippen LogP contribution in [0.5, 0.6) is 0 Å². The van der Waals surface area contributed by atoms with Gasteiger partial charge in [0.1, 0.15) is 6.61 Å². The number of esters is 1. The van der Waals surface area contributed by atoms with Crippen LogP contribution in [0.25, 0.3) is 0 Å². The van der Waals surface area contributed by atoms with Crippen LogP contribution >= 0.6 is 11.3 Å². The van der Waals surface area contributed by atoms with Crippen LogP contribution in [0.1, 0.15) is 49.0 Å². The van der Waals surface area contributed by atoms with Gasteiger partial charge in [0.05, 0.1) is 31.7 Å². The van der Waals surface area contributed by atoms with Crippen molar-refractivity contribution in [1.29, 1.82) is 0 Å². The summed E-state index contributed by atoms with van der Waals surface area (Å²) in [4.78, 5) is 28.8. The van der Waals surface area contributed by atoms with E-state index in [-0.39, 0.29) is 35.3 Å². The number of halogens is 1. The molecular weight excluding hydrogens is 475 g/mol. The molecular formula is C21H29FN2O7S2. The molecule has 2 atom stereocenters. The van der Waals surface area contributed by atoms with Gasteiger partial charge in [-0.2, -0.15) is 0 Å². The molecule has 1 aromatic heterocycles. The van der Waals surface area contributed by atoms with Crippen molar-refractivity contribution in [3.05, 3.63) is 23.2 Å². The maximum absolute atomic E-state index is 12.6. The minimum Gasteiger partial charge on any atom is -0.464 e. The maximum atomic E-state index is 12.6. The molecule has 33 heavy (non-hydrogen) atoms. The summed E-state index contributed by atoms with van der Waals surface area (Å²) in [6.45, 7) is -0.436. The van der Waals surface area contributed by atoms with Gasteiger partial charge in [-0.25, -0.2) is 23.0 Å². The molecule has 2 heterocycles. The van der Waals surface area contributed by atoms with E-state index in [1.807, 2.05) is 0 Å². The second-order valence-corrected chi connectivity index (χ2v) is 11.5. The molecule has 1 aromatic rings. The number of methoxy groups -OCH3 is 1. The Kier molecular flexibility index (Phi) is 8.46. The normalized spacial score (nSPS) is 21.1. The lowest BCUT2D eigenvalue weighted by atomic mass is 9.62. The third-order valence-electron chi connectivity index (χ3n) is 6.31. The average molecular weight is 505 g/mol. The Hall–Kier alpha value is -2.05. The number of carbonyl (C=O) groups is 2. The van der Waals surface area contributed by atoms with Gasteiger partial charge in [0.15, 0.2) is 5.69 Å². The van der Waals surface area contributed by atoms with Crippen LogP contribution in [0, 0.1) is 5.41 Å². The number of nitrogens with zero attached hydrogens (tertiary/aromatic N) is 2. The number of ether oxygens (including phenoxy) is 2. The summed E-state index contributed by atoms with van der Waals surface area (Å²) in [5.74, 6) is -1.12. The average Bonchev–Trinajstić information content (AvgIpc) is 3.39. The molecule has 0 aromatic carbocycles. The molecule has 1 amide bonds. The second kappa shape index (κ2) is 10.9. The highest BCUT2D eigenvalue weighted by Gasteiger charge is 2.42. The molecule has 2 aliphatic rings. The fourth-order valence-electron chi connectivity index (χ4n) is 4.12. The Morgan fingerprint density at radius 2 is 2.24 bits per heavy atom. The van der Waals surface area contributed by atoms with Crippen LogP contribution in [-0.2, 0) is 19.3 Å². The Balaban J connectivity index is 1.61. The number of sulfone groups is 1. The minimum atomic E-state index is -3.83. The minimum absolute atomic E-state index is 0.0562. The smallest absolute Gasteiger partial charge is 0.410 e. The first-order valence-electron chi connectivity index (χ1n) is 10.8. The Bertz CT molecular complexity index is 975. The Morgan fingerprint density at radius 1 is 1.48 bits per heavy atom. The van der Waals surface area contributed by atoms with Gasteiger partial charge in [-0.1, -0.05) is 25.0 Å². The zero-order valence-electron chi connectivity index (χ0n) is 18.4. The van der Waals surface area contributed by atoms with Crippen molar-refractivity contribution in [2.45, 2.75) is 55.0 Å². The number of thiazole rings is 1. The number of aliphatic hydroxyl groups excluding tert-OH is 1. The van der Waals surface area contributed by atoms with Gasteiger partial charge in [-0.15, -0.1) is 11.3 Å². The van der Waals surface area contributed by atoms with Crippen LogP contribution in [0.15, 0.2) is 21.9 Å². The van der Waals surface area contributed by atoms with Crippen molar-refractivity contribution >= 4 is 33.2 Å². The third kappa shape index (κ3) is 5.90. The van der Waals surface area contributed by atoms with E-state index in [1.54, 1.807) is 12.2 Å². The van der Waals surface area contributed by atoms with E-state index in [2.05, 4.69) is 9.72 Å². The molecule has 0 spiro atoms. The number of hydrogen-bond donors (Lipinski definition) is 1. The van der Waals surface area contributed by atoms with Crippen molar-refractivity contribution in [3.63, 3.8) is 0 Å². The van der Waals surface area contributed by atoms with Gasteiger partial charge < -0.3 is 14.6 Å². The van der Waals surface area contributed by atoms with Crippen LogP contribution in [0.2, 0.25) is 0 Å². The summed E-state index contributed by atoms with van der Waals surface area (Å²) < 4.78 is 47.1. The highest BCUT2D eigenvalue weighted by molar-refractivity contribution is 7.93. The van der Waals surface area contributed by atoms with E-state index in [4.69, 9.17) is 4.74 Å². The first-order chi connectivity index (χ1) is 15.7. The molecule has 1 aliphatic carbocycles. The number of amides is 1. The Labute approximate surface area is 196 Å². The monoisotopic (exact) mass is 504 g/mol. The topological polar surface area (TPSA) is 123 Å². The van der Waals surface area contributed by atoms with Gasteiger partial charge in [-0.3, -0.25) is 9.29 Å². The number of cyclic esters (lactones) is 1. The summed E-state index contributed by atoms with van der Waals surface area (Å²) in [7, 11) is -2.65. The molecule has 2 fully saturated rings. The van der Waals surface area contributed by atoms with Gasteiger partial charge in [0.2, 0.25) is 14.2 Å². The van der Waals surface area contributed by atoms with Crippen molar-refractivity contribution in [1.82, 2.24) is 9.88 Å². The first-order valence-corrected chi connectivity index (χ1v) is 13.4. The molecule has 1 saturated heterocycles. The molecule has 3 rings (SSSR count). The van der Waals surface area contributed by atoms with E-state index in [9.17, 15) is 27.5 Å². The summed E-state index contributed by atoms with van der Waals surface area (Å²) in [6.07, 6.45) is 6.65. The summed E-state index contributed by atoms with van der Waals surface area (Å²) in [5.41, 5.74) is -0.348. The number of carbonyl (C=O) groups excluding carboxylic acids is 2. The lowest BCUT2D eigenvalue weighted by molar-refractivity contribution is -0.0147. The van der Waals surface area contributed by atoms with E-state index in [1.165, 1.54) is 17.4 Å². The van der Waals surface area contributed by atoms with Crippen LogP contribution < -0.4 is 0 Å². The van der Waals surface area contributed by atoms with Crippen molar-refractivity contribution in [2.75, 3.05) is 32.7 Å². The number of aliphatic hydroxyl groups is 1. The fourth-order valence-corrected chi connectivity index (χ4v) is 6.46. The summed E-state index contributed by atoms with van der Waals surface area (Å²) >= 11 is 0.813. The SMILES string of the molecule is COC(=O)c1csc(S(=O)(=O)CCN2C(=O)OC[C@@H]2/C=C/[C@@H](O)C2(CCCCF)CCC2)n1. The molecule has 1 aliphatic heterocycles. The largest absolute Gasteiger partial charge is 0.464 e. The van der Waals surface area contributed by atoms with Crippen molar-refractivity contribution in [3.8, 4) is 0 Å². The van der Waals surface area contributed by atoms with Crippen molar-refractivity contribution < 1.29 is 37.0 Å². The summed E-state index contributed by atoms with van der Waals surface area (Å²) in [5, 5.41) is 12.0. The number of rotatable bonds is 12. The van der Waals surface area contributed by atoms with Gasteiger partial charge in [0, 0.05) is 11.9 Å². The lowest BCUT2D eigenvalue weighted by Crippen LogP contribution is -2.41. The Morgan fingerprint density at radius 3 is 2.88 bits per heavy atom. The maximum Gasteiger partial charge on any atom is 0.410 e. The highest BCUT2D eigenvalue weighted by Crippen LogP contribution is 2.48. The first kappa shape index (κ1) is 25.6. The van der Waals surface area contributed by atoms with Gasteiger partial charge >= 0.3 is 12.1 Å². The van der Waals surface area contributed by atoms with Crippen LogP contribution in [0.3, 0.4) is 0 Å². The second-order valence-electron chi connectivity index (χ2n) is 8.34. The van der Waals surface area contributed by atoms with Gasteiger partial charge in [0.25, 0.3) is 0 Å². The fraction of sp³-hybridized carbons (Fsp3) is 0.667. The van der Waals surface area contributed by atoms with Gasteiger partial charge in [-0.05, 0) is 31.1 Å². The molecule has 1 N–H and O–H groups in total. The number of alkyl halides is 1. The highest BCUT2D eigenvalue weighted by atomic mass is 32.2. The van der Waals surface area contributed by atoms with E-state index in [0.717, 1.165) is 37.0 Å².